The van der Waals surface area contributed by atoms with E-state index in [4.69, 9.17) is 4.52 Å². The minimum absolute atomic E-state index is 0.178. The molecule has 18 heavy (non-hydrogen) atoms. The maximum atomic E-state index is 11.7. The molecule has 7 nitrogen and oxygen atoms in total. The largest absolute Gasteiger partial charge is 0.361 e. The molecule has 2 aromatic rings. The van der Waals surface area contributed by atoms with E-state index in [2.05, 4.69) is 19.8 Å². The van der Waals surface area contributed by atoms with E-state index in [-0.39, 0.29) is 5.75 Å². The molecule has 0 saturated heterocycles. The molecular formula is C10H14N4O3S. The lowest BCUT2D eigenvalue weighted by atomic mass is 10.4. The minimum atomic E-state index is -3.39. The Morgan fingerprint density at radius 3 is 2.94 bits per heavy atom. The zero-order valence-electron chi connectivity index (χ0n) is 9.88. The lowest BCUT2D eigenvalue weighted by Gasteiger charge is -2.03. The Kier molecular flexibility index (Phi) is 3.78. The predicted octanol–water partition coefficient (Wildman–Crippen LogP) is 0.368. The van der Waals surface area contributed by atoms with Crippen molar-refractivity contribution in [1.29, 1.82) is 0 Å². The third kappa shape index (κ3) is 3.67. The lowest BCUT2D eigenvalue weighted by molar-refractivity contribution is 0.392. The Balaban J connectivity index is 1.84. The van der Waals surface area contributed by atoms with Crippen LogP contribution in [0.4, 0.5) is 0 Å². The average molecular weight is 270 g/mol. The number of hydrogen-bond donors (Lipinski definition) is 2. The first-order valence-electron chi connectivity index (χ1n) is 5.43. The summed E-state index contributed by atoms with van der Waals surface area (Å²) in [6, 6.07) is 1.60. The summed E-state index contributed by atoms with van der Waals surface area (Å²) in [6.07, 6.45) is 3.84. The second kappa shape index (κ2) is 5.32. The molecular weight excluding hydrogens is 256 g/mol. The van der Waals surface area contributed by atoms with Crippen LogP contribution < -0.4 is 4.72 Å². The molecule has 0 atom stereocenters. The summed E-state index contributed by atoms with van der Waals surface area (Å²) < 4.78 is 30.7. The van der Waals surface area contributed by atoms with Crippen molar-refractivity contribution in [2.24, 2.45) is 0 Å². The molecule has 0 amide bonds. The fourth-order valence-electron chi connectivity index (χ4n) is 1.49. The van der Waals surface area contributed by atoms with Gasteiger partial charge in [0.05, 0.1) is 0 Å². The second-order valence-electron chi connectivity index (χ2n) is 3.87. The van der Waals surface area contributed by atoms with Gasteiger partial charge in [-0.15, -0.1) is 0 Å². The van der Waals surface area contributed by atoms with Crippen molar-refractivity contribution < 1.29 is 12.9 Å². The monoisotopic (exact) mass is 270 g/mol. The molecule has 0 saturated carbocycles. The van der Waals surface area contributed by atoms with E-state index >= 15 is 0 Å². The van der Waals surface area contributed by atoms with E-state index in [9.17, 15) is 8.42 Å². The highest BCUT2D eigenvalue weighted by atomic mass is 32.2. The van der Waals surface area contributed by atoms with Crippen LogP contribution in [0.3, 0.4) is 0 Å². The fourth-order valence-corrected chi connectivity index (χ4v) is 2.53. The molecule has 0 spiro atoms. The summed E-state index contributed by atoms with van der Waals surface area (Å²) >= 11 is 0. The first kappa shape index (κ1) is 12.8. The topological polar surface area (TPSA) is 101 Å². The van der Waals surface area contributed by atoms with E-state index in [1.165, 1.54) is 0 Å². The van der Waals surface area contributed by atoms with Crippen molar-refractivity contribution >= 4 is 10.0 Å². The van der Waals surface area contributed by atoms with Gasteiger partial charge in [0.25, 0.3) is 0 Å². The van der Waals surface area contributed by atoms with Gasteiger partial charge in [-0.2, -0.15) is 0 Å². The maximum Gasteiger partial charge on any atom is 0.217 e. The van der Waals surface area contributed by atoms with E-state index in [1.54, 1.807) is 25.4 Å². The van der Waals surface area contributed by atoms with Crippen molar-refractivity contribution in [2.45, 2.75) is 19.1 Å². The van der Waals surface area contributed by atoms with Gasteiger partial charge >= 0.3 is 0 Å². The number of hydrogen-bond acceptors (Lipinski definition) is 5. The highest BCUT2D eigenvalue weighted by Gasteiger charge is 2.14. The zero-order chi connectivity index (χ0) is 13.0. The summed E-state index contributed by atoms with van der Waals surface area (Å²) in [5, 5.41) is 3.65. The fraction of sp³-hybridized carbons (Fsp3) is 0.400. The standard InChI is InChI=1S/C10H14N4O3S/c1-8-6-9(14-17-8)7-18(15,16)13-3-2-10-11-4-5-12-10/h4-6,13H,2-3,7H2,1H3,(H,11,12). The molecule has 0 fully saturated rings. The molecule has 0 radical (unpaired) electrons. The van der Waals surface area contributed by atoms with Gasteiger partial charge in [-0.25, -0.2) is 18.1 Å². The van der Waals surface area contributed by atoms with Crippen LogP contribution in [0.2, 0.25) is 0 Å². The van der Waals surface area contributed by atoms with Crippen LogP contribution in [-0.2, 0) is 22.2 Å². The van der Waals surface area contributed by atoms with Crippen molar-refractivity contribution in [3.05, 3.63) is 35.7 Å². The van der Waals surface area contributed by atoms with Gasteiger partial charge in [0, 0.05) is 31.4 Å². The van der Waals surface area contributed by atoms with Crippen LogP contribution in [0.1, 0.15) is 17.3 Å². The molecule has 8 heteroatoms. The summed E-state index contributed by atoms with van der Waals surface area (Å²) in [6.45, 7) is 2.01. The number of aryl methyl sites for hydroxylation is 1. The Morgan fingerprint density at radius 1 is 1.50 bits per heavy atom. The van der Waals surface area contributed by atoms with Gasteiger partial charge in [-0.05, 0) is 6.92 Å². The van der Waals surface area contributed by atoms with E-state index in [1.807, 2.05) is 0 Å². The number of imidazole rings is 1. The highest BCUT2D eigenvalue weighted by molar-refractivity contribution is 7.88. The van der Waals surface area contributed by atoms with Gasteiger partial charge in [-0.3, -0.25) is 0 Å². The summed E-state index contributed by atoms with van der Waals surface area (Å²) in [5.41, 5.74) is 0.401. The molecule has 0 aliphatic heterocycles. The van der Waals surface area contributed by atoms with Crippen molar-refractivity contribution in [1.82, 2.24) is 19.8 Å². The van der Waals surface area contributed by atoms with Crippen molar-refractivity contribution in [3.8, 4) is 0 Å². The minimum Gasteiger partial charge on any atom is -0.361 e. The summed E-state index contributed by atoms with van der Waals surface area (Å²) in [4.78, 5) is 6.91. The quantitative estimate of drug-likeness (QED) is 0.789. The smallest absolute Gasteiger partial charge is 0.217 e. The first-order chi connectivity index (χ1) is 8.55. The van der Waals surface area contributed by atoms with Gasteiger partial charge in [0.15, 0.2) is 0 Å². The normalized spacial score (nSPS) is 11.8. The molecule has 0 bridgehead atoms. The van der Waals surface area contributed by atoms with Crippen molar-refractivity contribution in [2.75, 3.05) is 6.54 Å². The van der Waals surface area contributed by atoms with E-state index in [0.29, 0.717) is 24.4 Å². The van der Waals surface area contributed by atoms with E-state index in [0.717, 1.165) is 5.82 Å². The molecule has 98 valence electrons. The number of sulfonamides is 1. The Labute approximate surface area is 105 Å². The average Bonchev–Trinajstić information content (AvgIpc) is 2.89. The van der Waals surface area contributed by atoms with Crippen LogP contribution in [0, 0.1) is 6.92 Å². The lowest BCUT2D eigenvalue weighted by Crippen LogP contribution is -2.27. The number of rotatable bonds is 6. The molecule has 2 aromatic heterocycles. The van der Waals surface area contributed by atoms with Crippen LogP contribution in [-0.4, -0.2) is 30.1 Å². The Morgan fingerprint density at radius 2 is 2.33 bits per heavy atom. The summed E-state index contributed by atoms with van der Waals surface area (Å²) in [7, 11) is -3.39. The van der Waals surface area contributed by atoms with Gasteiger partial charge in [0.2, 0.25) is 10.0 Å². The number of nitrogens with one attached hydrogen (secondary N) is 2. The molecule has 0 aliphatic rings. The SMILES string of the molecule is Cc1cc(CS(=O)(=O)NCCc2ncc[nH]2)no1. The molecule has 0 unspecified atom stereocenters. The molecule has 2 N–H and O–H groups in total. The number of aromatic nitrogens is 3. The first-order valence-corrected chi connectivity index (χ1v) is 7.08. The molecule has 2 rings (SSSR count). The van der Waals surface area contributed by atoms with Gasteiger partial charge in [-0.1, -0.05) is 5.16 Å². The van der Waals surface area contributed by atoms with Gasteiger partial charge < -0.3 is 9.51 Å². The van der Waals surface area contributed by atoms with Crippen molar-refractivity contribution in [3.63, 3.8) is 0 Å². The van der Waals surface area contributed by atoms with Crippen LogP contribution in [0.5, 0.6) is 0 Å². The van der Waals surface area contributed by atoms with E-state index < -0.39 is 10.0 Å². The zero-order valence-corrected chi connectivity index (χ0v) is 10.7. The van der Waals surface area contributed by atoms with Crippen LogP contribution in [0.25, 0.3) is 0 Å². The highest BCUT2D eigenvalue weighted by Crippen LogP contribution is 2.05. The predicted molar refractivity (Wildman–Crippen MR) is 64.2 cm³/mol. The number of aromatic amines is 1. The molecule has 0 aromatic carbocycles. The van der Waals surface area contributed by atoms with Gasteiger partial charge in [0.1, 0.15) is 23.0 Å². The second-order valence-corrected chi connectivity index (χ2v) is 5.68. The molecule has 2 heterocycles. The van der Waals surface area contributed by atoms with Crippen LogP contribution >= 0.6 is 0 Å². The maximum absolute atomic E-state index is 11.7. The summed E-state index contributed by atoms with van der Waals surface area (Å²) in [5.74, 6) is 1.16. The number of nitrogens with zero attached hydrogens (tertiary/aromatic N) is 2. The third-order valence-electron chi connectivity index (χ3n) is 2.25. The third-order valence-corrected chi connectivity index (χ3v) is 3.57. The molecule has 0 aliphatic carbocycles. The van der Waals surface area contributed by atoms with Crippen LogP contribution in [0.15, 0.2) is 23.0 Å². The Bertz CT molecular complexity index is 588. The number of H-pyrrole nitrogens is 1. The Hall–Kier alpha value is -1.67.